The van der Waals surface area contributed by atoms with E-state index in [0.717, 1.165) is 45.7 Å². The summed E-state index contributed by atoms with van der Waals surface area (Å²) in [5, 5.41) is 0. The first kappa shape index (κ1) is 15.3. The molecule has 4 heteroatoms. The van der Waals surface area contributed by atoms with Crippen LogP contribution >= 0.6 is 0 Å². The monoisotopic (exact) mass is 276 g/mol. The summed E-state index contributed by atoms with van der Waals surface area (Å²) < 4.78 is 0. The first-order valence-electron chi connectivity index (χ1n) is 7.60. The van der Waals surface area contributed by atoms with Crippen LogP contribution in [0.5, 0.6) is 0 Å². The molecule has 0 bridgehead atoms. The van der Waals surface area contributed by atoms with Gasteiger partial charge >= 0.3 is 0 Å². The van der Waals surface area contributed by atoms with Gasteiger partial charge in [0.25, 0.3) is 0 Å². The van der Waals surface area contributed by atoms with Crippen molar-refractivity contribution in [1.82, 2.24) is 9.80 Å². The minimum Gasteiger partial charge on any atom is -0.369 e. The number of likely N-dealkylation sites (N-methyl/N-ethyl adjacent to an activating group) is 1. The predicted octanol–water partition coefficient (Wildman–Crippen LogP) is 0.871. The van der Waals surface area contributed by atoms with Crippen molar-refractivity contribution in [2.75, 3.05) is 64.8 Å². The van der Waals surface area contributed by atoms with Crippen molar-refractivity contribution in [3.8, 4) is 0 Å². The molecule has 2 N–H and O–H groups in total. The van der Waals surface area contributed by atoms with Crippen molar-refractivity contribution in [3.05, 3.63) is 29.8 Å². The van der Waals surface area contributed by atoms with Crippen LogP contribution < -0.4 is 10.6 Å². The molecule has 0 atom stereocenters. The number of hydrogen-bond donors (Lipinski definition) is 1. The third kappa shape index (κ3) is 4.20. The molecule has 0 spiro atoms. The van der Waals surface area contributed by atoms with Crippen LogP contribution in [0.25, 0.3) is 0 Å². The van der Waals surface area contributed by atoms with Crippen molar-refractivity contribution >= 4 is 5.69 Å². The number of rotatable bonds is 6. The summed E-state index contributed by atoms with van der Waals surface area (Å²) in [6.07, 6.45) is 0.969. The van der Waals surface area contributed by atoms with Crippen LogP contribution in [0.4, 0.5) is 5.69 Å². The molecule has 0 radical (unpaired) electrons. The molecule has 1 aromatic carbocycles. The van der Waals surface area contributed by atoms with Gasteiger partial charge < -0.3 is 15.5 Å². The summed E-state index contributed by atoms with van der Waals surface area (Å²) in [6.45, 7) is 7.59. The van der Waals surface area contributed by atoms with Gasteiger partial charge in [0.1, 0.15) is 0 Å². The van der Waals surface area contributed by atoms with E-state index in [1.807, 2.05) is 0 Å². The lowest BCUT2D eigenvalue weighted by Gasteiger charge is -2.37. The Labute approximate surface area is 123 Å². The minimum atomic E-state index is 0.722. The van der Waals surface area contributed by atoms with Gasteiger partial charge in [-0.25, -0.2) is 0 Å². The highest BCUT2D eigenvalue weighted by Crippen LogP contribution is 2.22. The first-order chi connectivity index (χ1) is 9.70. The number of para-hydroxylation sites is 1. The molecule has 0 unspecified atom stereocenters. The van der Waals surface area contributed by atoms with E-state index in [0.29, 0.717) is 0 Å². The maximum Gasteiger partial charge on any atom is 0.0400 e. The number of anilines is 1. The largest absolute Gasteiger partial charge is 0.369 e. The number of hydrogen-bond acceptors (Lipinski definition) is 4. The number of piperazine rings is 1. The van der Waals surface area contributed by atoms with Crippen molar-refractivity contribution in [2.24, 2.45) is 5.73 Å². The van der Waals surface area contributed by atoms with Crippen molar-refractivity contribution in [2.45, 2.75) is 6.42 Å². The summed E-state index contributed by atoms with van der Waals surface area (Å²) in [6, 6.07) is 8.69. The standard InChI is InChI=1S/C16H28N4/c1-18(2)9-10-19-11-13-20(14-12-19)16-6-4-3-5-15(16)7-8-17/h3-6H,7-14,17H2,1-2H3. The molecular formula is C16H28N4. The second-order valence-corrected chi connectivity index (χ2v) is 5.80. The molecule has 0 amide bonds. The van der Waals surface area contributed by atoms with E-state index < -0.39 is 0 Å². The second-order valence-electron chi connectivity index (χ2n) is 5.80. The SMILES string of the molecule is CN(C)CCN1CCN(c2ccccc2CCN)CC1. The van der Waals surface area contributed by atoms with Gasteiger partial charge in [-0.1, -0.05) is 18.2 Å². The highest BCUT2D eigenvalue weighted by Gasteiger charge is 2.18. The van der Waals surface area contributed by atoms with Crippen molar-refractivity contribution in [3.63, 3.8) is 0 Å². The molecule has 4 nitrogen and oxygen atoms in total. The molecule has 1 aliphatic heterocycles. The Morgan fingerprint density at radius 3 is 2.45 bits per heavy atom. The zero-order valence-corrected chi connectivity index (χ0v) is 12.9. The maximum absolute atomic E-state index is 5.72. The Morgan fingerprint density at radius 2 is 1.80 bits per heavy atom. The zero-order chi connectivity index (χ0) is 14.4. The second kappa shape index (κ2) is 7.62. The summed E-state index contributed by atoms with van der Waals surface area (Å²) >= 11 is 0. The van der Waals surface area contributed by atoms with Gasteiger partial charge in [0.05, 0.1) is 0 Å². The smallest absolute Gasteiger partial charge is 0.0400 e. The number of nitrogens with zero attached hydrogens (tertiary/aromatic N) is 3. The third-order valence-electron chi connectivity index (χ3n) is 3.98. The predicted molar refractivity (Wildman–Crippen MR) is 86.4 cm³/mol. The quantitative estimate of drug-likeness (QED) is 0.836. The molecule has 1 saturated heterocycles. The molecule has 2 rings (SSSR count). The van der Waals surface area contributed by atoms with Gasteiger partial charge in [0.15, 0.2) is 0 Å². The van der Waals surface area contributed by atoms with Gasteiger partial charge in [-0.05, 0) is 38.7 Å². The molecule has 20 heavy (non-hydrogen) atoms. The topological polar surface area (TPSA) is 35.7 Å². The Kier molecular flexibility index (Phi) is 5.83. The molecule has 1 fully saturated rings. The molecule has 1 aliphatic rings. The average molecular weight is 276 g/mol. The van der Waals surface area contributed by atoms with Crippen LogP contribution in [-0.2, 0) is 6.42 Å². The van der Waals surface area contributed by atoms with E-state index in [9.17, 15) is 0 Å². The van der Waals surface area contributed by atoms with E-state index in [-0.39, 0.29) is 0 Å². The van der Waals surface area contributed by atoms with Crippen molar-refractivity contribution < 1.29 is 0 Å². The highest BCUT2D eigenvalue weighted by molar-refractivity contribution is 5.54. The van der Waals surface area contributed by atoms with Crippen molar-refractivity contribution in [1.29, 1.82) is 0 Å². The highest BCUT2D eigenvalue weighted by atomic mass is 15.3. The van der Waals surface area contributed by atoms with Crippen LogP contribution in [0.1, 0.15) is 5.56 Å². The molecule has 112 valence electrons. The van der Waals surface area contributed by atoms with Gasteiger partial charge in [-0.3, -0.25) is 4.90 Å². The lowest BCUT2D eigenvalue weighted by molar-refractivity contribution is 0.229. The van der Waals surface area contributed by atoms with E-state index in [2.05, 4.69) is 53.1 Å². The van der Waals surface area contributed by atoms with E-state index >= 15 is 0 Å². The summed E-state index contributed by atoms with van der Waals surface area (Å²) in [5.41, 5.74) is 8.48. The van der Waals surface area contributed by atoms with E-state index in [1.54, 1.807) is 0 Å². The molecule has 1 heterocycles. The van der Waals surface area contributed by atoms with Gasteiger partial charge in [-0.15, -0.1) is 0 Å². The maximum atomic E-state index is 5.72. The lowest BCUT2D eigenvalue weighted by Crippen LogP contribution is -2.48. The normalized spacial score (nSPS) is 16.9. The fourth-order valence-electron chi connectivity index (χ4n) is 2.74. The van der Waals surface area contributed by atoms with Crippen LogP contribution in [0.3, 0.4) is 0 Å². The van der Waals surface area contributed by atoms with Crippen LogP contribution in [0.15, 0.2) is 24.3 Å². The molecule has 0 aromatic heterocycles. The van der Waals surface area contributed by atoms with Gasteiger partial charge in [0.2, 0.25) is 0 Å². The minimum absolute atomic E-state index is 0.722. The third-order valence-corrected chi connectivity index (χ3v) is 3.98. The van der Waals surface area contributed by atoms with Gasteiger partial charge in [0, 0.05) is 45.0 Å². The summed E-state index contributed by atoms with van der Waals surface area (Å²) in [4.78, 5) is 7.32. The summed E-state index contributed by atoms with van der Waals surface area (Å²) in [5.74, 6) is 0. The van der Waals surface area contributed by atoms with Crippen LogP contribution in [-0.4, -0.2) is 69.7 Å². The Bertz CT molecular complexity index is 397. The Hall–Kier alpha value is -1.10. The van der Waals surface area contributed by atoms with E-state index in [4.69, 9.17) is 5.73 Å². The molecular weight excluding hydrogens is 248 g/mol. The lowest BCUT2D eigenvalue weighted by atomic mass is 10.1. The molecule has 0 aliphatic carbocycles. The number of nitrogens with two attached hydrogens (primary N) is 1. The average Bonchev–Trinajstić information content (AvgIpc) is 2.47. The van der Waals surface area contributed by atoms with Gasteiger partial charge in [-0.2, -0.15) is 0 Å². The fourth-order valence-corrected chi connectivity index (χ4v) is 2.74. The van der Waals surface area contributed by atoms with Crippen LogP contribution in [0, 0.1) is 0 Å². The zero-order valence-electron chi connectivity index (χ0n) is 12.9. The Morgan fingerprint density at radius 1 is 1.10 bits per heavy atom. The Balaban J connectivity index is 1.90. The van der Waals surface area contributed by atoms with Crippen LogP contribution in [0.2, 0.25) is 0 Å². The molecule has 0 saturated carbocycles. The number of benzene rings is 1. The first-order valence-corrected chi connectivity index (χ1v) is 7.60. The fraction of sp³-hybridized carbons (Fsp3) is 0.625. The van der Waals surface area contributed by atoms with E-state index in [1.165, 1.54) is 17.8 Å². The molecule has 1 aromatic rings. The summed E-state index contributed by atoms with van der Waals surface area (Å²) in [7, 11) is 4.28.